The van der Waals surface area contributed by atoms with Crippen molar-refractivity contribution in [2.24, 2.45) is 16.8 Å². The molecule has 1 aliphatic heterocycles. The molecule has 1 aromatic rings. The number of anilines is 1. The molecule has 1 atom stereocenters. The normalized spacial score (nSPS) is 15.5. The van der Waals surface area contributed by atoms with Crippen LogP contribution in [0.4, 0.5) is 5.69 Å². The highest BCUT2D eigenvalue weighted by atomic mass is 16.5. The van der Waals surface area contributed by atoms with Gasteiger partial charge in [-0.2, -0.15) is 0 Å². The summed E-state index contributed by atoms with van der Waals surface area (Å²) >= 11 is 0. The zero-order chi connectivity index (χ0) is 18.8. The number of hydrogen-bond donors (Lipinski definition) is 3. The lowest BCUT2D eigenvalue weighted by molar-refractivity contribution is 0.246. The van der Waals surface area contributed by atoms with E-state index in [1.165, 1.54) is 0 Å². The van der Waals surface area contributed by atoms with Crippen LogP contribution in [0.25, 0.3) is 0 Å². The molecule has 2 rings (SSSR count). The molecule has 0 bridgehead atoms. The number of aliphatic hydroxyl groups excluding tert-OH is 1. The maximum atomic E-state index is 9.28. The molecule has 1 heterocycles. The first kappa shape index (κ1) is 20.4. The molecule has 0 radical (unpaired) electrons. The molecule has 6 heteroatoms. The van der Waals surface area contributed by atoms with Crippen LogP contribution in [0.15, 0.2) is 23.2 Å². The van der Waals surface area contributed by atoms with Gasteiger partial charge in [0, 0.05) is 37.9 Å². The predicted octanol–water partition coefficient (Wildman–Crippen LogP) is 3.27. The number of fused-ring (bicyclic) bond motifs is 1. The topological polar surface area (TPSA) is 75.1 Å². The van der Waals surface area contributed by atoms with Gasteiger partial charge in [-0.05, 0) is 43.7 Å². The number of rotatable bonds is 8. The van der Waals surface area contributed by atoms with Crippen LogP contribution >= 0.6 is 0 Å². The number of aliphatic imine (C=N–C) groups is 1. The molecular weight excluding hydrogens is 330 g/mol. The Hall–Kier alpha value is -1.95. The van der Waals surface area contributed by atoms with Crippen LogP contribution in [0.3, 0.4) is 0 Å². The minimum atomic E-state index is 0.207. The number of nitrogens with one attached hydrogen (secondary N) is 2. The van der Waals surface area contributed by atoms with Gasteiger partial charge in [0.2, 0.25) is 0 Å². The average molecular weight is 364 g/mol. The average Bonchev–Trinajstić information content (AvgIpc) is 2.84. The number of nitrogens with zero attached hydrogens (tertiary/aromatic N) is 1. The molecule has 0 aliphatic carbocycles. The van der Waals surface area contributed by atoms with Gasteiger partial charge in [-0.25, -0.2) is 0 Å². The van der Waals surface area contributed by atoms with E-state index in [0.717, 1.165) is 49.0 Å². The van der Waals surface area contributed by atoms with Gasteiger partial charge in [-0.3, -0.25) is 4.99 Å². The maximum Gasteiger partial charge on any atom is 0.195 e. The van der Waals surface area contributed by atoms with Crippen molar-refractivity contribution in [1.29, 1.82) is 0 Å². The lowest BCUT2D eigenvalue weighted by Crippen LogP contribution is -2.31. The van der Waals surface area contributed by atoms with Gasteiger partial charge in [0.25, 0.3) is 0 Å². The van der Waals surface area contributed by atoms with Gasteiger partial charge >= 0.3 is 0 Å². The molecule has 146 valence electrons. The van der Waals surface area contributed by atoms with Crippen LogP contribution in [-0.2, 0) is 0 Å². The van der Waals surface area contributed by atoms with E-state index in [1.54, 1.807) is 0 Å². The molecule has 0 amide bonds. The van der Waals surface area contributed by atoms with Gasteiger partial charge in [0.05, 0.1) is 13.2 Å². The van der Waals surface area contributed by atoms with Crippen LogP contribution in [0.1, 0.15) is 40.0 Å². The highest BCUT2D eigenvalue weighted by Gasteiger charge is 2.13. The molecule has 0 saturated carbocycles. The van der Waals surface area contributed by atoms with Crippen LogP contribution < -0.4 is 20.1 Å². The molecule has 0 spiro atoms. The lowest BCUT2D eigenvalue weighted by atomic mass is 9.94. The SMILES string of the molecule is CCNC(=NCC(CCO)CC(C)C)Nc1ccc2c(c1)OCCCO2. The Morgan fingerprint density at radius 2 is 2.00 bits per heavy atom. The Balaban J connectivity index is 2.05. The van der Waals surface area contributed by atoms with E-state index in [2.05, 4.69) is 24.5 Å². The van der Waals surface area contributed by atoms with Gasteiger partial charge in [-0.1, -0.05) is 13.8 Å². The van der Waals surface area contributed by atoms with E-state index in [9.17, 15) is 5.11 Å². The van der Waals surface area contributed by atoms with Crippen molar-refractivity contribution in [1.82, 2.24) is 5.32 Å². The fourth-order valence-corrected chi connectivity index (χ4v) is 3.04. The fourth-order valence-electron chi connectivity index (χ4n) is 3.04. The maximum absolute atomic E-state index is 9.28. The van der Waals surface area contributed by atoms with E-state index in [4.69, 9.17) is 14.5 Å². The summed E-state index contributed by atoms with van der Waals surface area (Å²) in [6.07, 6.45) is 2.74. The van der Waals surface area contributed by atoms with Crippen molar-refractivity contribution in [3.8, 4) is 11.5 Å². The third kappa shape index (κ3) is 6.75. The van der Waals surface area contributed by atoms with Crippen molar-refractivity contribution < 1.29 is 14.6 Å². The second-order valence-corrected chi connectivity index (χ2v) is 7.06. The van der Waals surface area contributed by atoms with Gasteiger partial charge < -0.3 is 25.2 Å². The quantitative estimate of drug-likeness (QED) is 0.488. The molecule has 0 fully saturated rings. The zero-order valence-corrected chi connectivity index (χ0v) is 16.3. The fraction of sp³-hybridized carbons (Fsp3) is 0.650. The minimum Gasteiger partial charge on any atom is -0.490 e. The van der Waals surface area contributed by atoms with E-state index < -0.39 is 0 Å². The van der Waals surface area contributed by atoms with E-state index in [1.807, 2.05) is 25.1 Å². The Morgan fingerprint density at radius 3 is 2.69 bits per heavy atom. The summed E-state index contributed by atoms with van der Waals surface area (Å²) in [5.74, 6) is 3.28. The Kier molecular flexibility index (Phi) is 8.54. The molecule has 3 N–H and O–H groups in total. The van der Waals surface area contributed by atoms with Crippen LogP contribution in [0.2, 0.25) is 0 Å². The molecule has 1 aliphatic rings. The third-order valence-electron chi connectivity index (χ3n) is 4.20. The van der Waals surface area contributed by atoms with Crippen LogP contribution in [-0.4, -0.2) is 44.0 Å². The first-order chi connectivity index (χ1) is 12.6. The first-order valence-electron chi connectivity index (χ1n) is 9.68. The molecule has 1 unspecified atom stereocenters. The highest BCUT2D eigenvalue weighted by Crippen LogP contribution is 2.32. The van der Waals surface area contributed by atoms with E-state index in [-0.39, 0.29) is 6.61 Å². The molecular formula is C20H33N3O3. The van der Waals surface area contributed by atoms with Crippen molar-refractivity contribution in [3.63, 3.8) is 0 Å². The molecule has 26 heavy (non-hydrogen) atoms. The smallest absolute Gasteiger partial charge is 0.195 e. The number of aliphatic hydroxyl groups is 1. The molecule has 0 saturated heterocycles. The monoisotopic (exact) mass is 363 g/mol. The molecule has 0 aromatic heterocycles. The Bertz CT molecular complexity index is 575. The van der Waals surface area contributed by atoms with Crippen molar-refractivity contribution >= 4 is 11.6 Å². The molecule has 1 aromatic carbocycles. The first-order valence-corrected chi connectivity index (χ1v) is 9.68. The third-order valence-corrected chi connectivity index (χ3v) is 4.20. The highest BCUT2D eigenvalue weighted by molar-refractivity contribution is 5.93. The van der Waals surface area contributed by atoms with Gasteiger partial charge in [-0.15, -0.1) is 0 Å². The largest absolute Gasteiger partial charge is 0.490 e. The number of benzene rings is 1. The second-order valence-electron chi connectivity index (χ2n) is 7.06. The number of ether oxygens (including phenoxy) is 2. The minimum absolute atomic E-state index is 0.207. The second kappa shape index (κ2) is 10.9. The van der Waals surface area contributed by atoms with Crippen molar-refractivity contribution in [2.45, 2.75) is 40.0 Å². The Morgan fingerprint density at radius 1 is 1.23 bits per heavy atom. The summed E-state index contributed by atoms with van der Waals surface area (Å²) in [5, 5.41) is 15.9. The number of guanidine groups is 1. The summed E-state index contributed by atoms with van der Waals surface area (Å²) in [7, 11) is 0. The van der Waals surface area contributed by atoms with Crippen molar-refractivity contribution in [2.75, 3.05) is 38.2 Å². The van der Waals surface area contributed by atoms with E-state index >= 15 is 0 Å². The Labute approximate surface area is 157 Å². The lowest BCUT2D eigenvalue weighted by Gasteiger charge is -2.18. The van der Waals surface area contributed by atoms with Crippen LogP contribution in [0, 0.1) is 11.8 Å². The summed E-state index contributed by atoms with van der Waals surface area (Å²) in [4.78, 5) is 4.72. The summed E-state index contributed by atoms with van der Waals surface area (Å²) < 4.78 is 11.4. The molecule has 6 nitrogen and oxygen atoms in total. The van der Waals surface area contributed by atoms with Gasteiger partial charge in [0.15, 0.2) is 17.5 Å². The standard InChI is InChI=1S/C20H33N3O3/c1-4-21-20(22-14-16(8-9-24)12-15(2)3)23-17-6-7-18-19(13-17)26-11-5-10-25-18/h6-7,13,15-16,24H,4-5,8-12,14H2,1-3H3,(H2,21,22,23). The van der Waals surface area contributed by atoms with Crippen molar-refractivity contribution in [3.05, 3.63) is 18.2 Å². The zero-order valence-electron chi connectivity index (χ0n) is 16.3. The summed E-state index contributed by atoms with van der Waals surface area (Å²) in [6.45, 7) is 9.49. The predicted molar refractivity (Wildman–Crippen MR) is 106 cm³/mol. The summed E-state index contributed by atoms with van der Waals surface area (Å²) in [6, 6.07) is 5.85. The summed E-state index contributed by atoms with van der Waals surface area (Å²) in [5.41, 5.74) is 0.913. The van der Waals surface area contributed by atoms with Crippen LogP contribution in [0.5, 0.6) is 11.5 Å². The number of hydrogen-bond acceptors (Lipinski definition) is 4. The van der Waals surface area contributed by atoms with Gasteiger partial charge in [0.1, 0.15) is 0 Å². The van der Waals surface area contributed by atoms with E-state index in [0.29, 0.717) is 31.6 Å².